The number of nitro benzene ring substituents is 1. The standard InChI is InChI=1S/C14H10ClNO6S/c1-23(20,21)14-7-10(16(18)19)3-5-13(14)22-12-4-2-9(8-17)6-11(12)15/h2-8H,1H3. The summed E-state index contributed by atoms with van der Waals surface area (Å²) in [6, 6.07) is 7.42. The van der Waals surface area contributed by atoms with Gasteiger partial charge in [-0.05, 0) is 24.3 Å². The number of carbonyl (C=O) groups is 1. The van der Waals surface area contributed by atoms with E-state index >= 15 is 0 Å². The van der Waals surface area contributed by atoms with Crippen molar-refractivity contribution in [3.8, 4) is 11.5 Å². The van der Waals surface area contributed by atoms with Gasteiger partial charge in [0.2, 0.25) is 0 Å². The van der Waals surface area contributed by atoms with Crippen LogP contribution in [0.25, 0.3) is 0 Å². The molecule has 0 fully saturated rings. The minimum Gasteiger partial charge on any atom is -0.454 e. The number of ether oxygens (including phenoxy) is 1. The molecule has 0 amide bonds. The fourth-order valence-electron chi connectivity index (χ4n) is 1.78. The van der Waals surface area contributed by atoms with Crippen LogP contribution in [0.15, 0.2) is 41.3 Å². The minimum absolute atomic E-state index is 0.0983. The number of benzene rings is 2. The lowest BCUT2D eigenvalue weighted by Gasteiger charge is -2.11. The van der Waals surface area contributed by atoms with E-state index < -0.39 is 14.8 Å². The number of nitrogens with zero attached hydrogens (tertiary/aromatic N) is 1. The summed E-state index contributed by atoms with van der Waals surface area (Å²) in [7, 11) is -3.76. The molecule has 2 aromatic rings. The summed E-state index contributed by atoms with van der Waals surface area (Å²) in [5.41, 5.74) is -0.0467. The predicted octanol–water partition coefficient (Wildman–Crippen LogP) is 3.26. The van der Waals surface area contributed by atoms with Crippen molar-refractivity contribution in [2.24, 2.45) is 0 Å². The lowest BCUT2D eigenvalue weighted by atomic mass is 10.2. The van der Waals surface area contributed by atoms with Crippen molar-refractivity contribution in [1.29, 1.82) is 0 Å². The molecule has 0 radical (unpaired) electrons. The van der Waals surface area contributed by atoms with E-state index in [1.807, 2.05) is 0 Å². The van der Waals surface area contributed by atoms with Gasteiger partial charge in [0.15, 0.2) is 9.84 Å². The van der Waals surface area contributed by atoms with Gasteiger partial charge in [-0.3, -0.25) is 14.9 Å². The normalized spacial score (nSPS) is 11.0. The molecule has 0 spiro atoms. The molecule has 0 aromatic heterocycles. The zero-order chi connectivity index (χ0) is 17.2. The lowest BCUT2D eigenvalue weighted by Crippen LogP contribution is -2.02. The van der Waals surface area contributed by atoms with Gasteiger partial charge in [0.25, 0.3) is 5.69 Å². The molecule has 120 valence electrons. The molecule has 0 N–H and O–H groups in total. The van der Waals surface area contributed by atoms with E-state index in [4.69, 9.17) is 16.3 Å². The molecule has 0 heterocycles. The van der Waals surface area contributed by atoms with Crippen molar-refractivity contribution in [2.45, 2.75) is 4.90 Å². The Morgan fingerprint density at radius 2 is 1.83 bits per heavy atom. The molecule has 0 unspecified atom stereocenters. The molecular formula is C14H10ClNO6S. The summed E-state index contributed by atoms with van der Waals surface area (Å²) in [4.78, 5) is 20.4. The van der Waals surface area contributed by atoms with Gasteiger partial charge in [-0.15, -0.1) is 0 Å². The van der Waals surface area contributed by atoms with E-state index in [-0.39, 0.29) is 27.1 Å². The molecule has 23 heavy (non-hydrogen) atoms. The van der Waals surface area contributed by atoms with Gasteiger partial charge in [-0.25, -0.2) is 8.42 Å². The molecule has 0 bridgehead atoms. The molecular weight excluding hydrogens is 346 g/mol. The first-order valence-corrected chi connectivity index (χ1v) is 8.40. The van der Waals surface area contributed by atoms with E-state index in [9.17, 15) is 23.3 Å². The predicted molar refractivity (Wildman–Crippen MR) is 83.1 cm³/mol. The number of non-ortho nitro benzene ring substituents is 1. The third-order valence-corrected chi connectivity index (χ3v) is 4.26. The van der Waals surface area contributed by atoms with Crippen LogP contribution in [0.4, 0.5) is 5.69 Å². The molecule has 0 aliphatic rings. The Labute approximate surface area is 136 Å². The largest absolute Gasteiger partial charge is 0.454 e. The fourth-order valence-corrected chi connectivity index (χ4v) is 2.81. The highest BCUT2D eigenvalue weighted by Gasteiger charge is 2.20. The van der Waals surface area contributed by atoms with E-state index in [1.165, 1.54) is 24.3 Å². The Kier molecular flexibility index (Phi) is 4.67. The van der Waals surface area contributed by atoms with E-state index in [0.717, 1.165) is 18.4 Å². The highest BCUT2D eigenvalue weighted by molar-refractivity contribution is 7.90. The van der Waals surface area contributed by atoms with Crippen LogP contribution < -0.4 is 4.74 Å². The topological polar surface area (TPSA) is 104 Å². The molecule has 9 heteroatoms. The number of hydrogen-bond acceptors (Lipinski definition) is 6. The van der Waals surface area contributed by atoms with Crippen molar-refractivity contribution in [3.63, 3.8) is 0 Å². The monoisotopic (exact) mass is 355 g/mol. The van der Waals surface area contributed by atoms with Crippen molar-refractivity contribution in [2.75, 3.05) is 6.26 Å². The Morgan fingerprint density at radius 1 is 1.17 bits per heavy atom. The number of carbonyl (C=O) groups excluding carboxylic acids is 1. The molecule has 2 rings (SSSR count). The molecule has 0 aliphatic carbocycles. The molecule has 0 saturated carbocycles. The highest BCUT2D eigenvalue weighted by Crippen LogP contribution is 2.35. The van der Waals surface area contributed by atoms with Gasteiger partial charge in [0.1, 0.15) is 22.7 Å². The Balaban J connectivity index is 2.51. The Hall–Kier alpha value is -2.45. The minimum atomic E-state index is -3.76. The number of hydrogen-bond donors (Lipinski definition) is 0. The van der Waals surface area contributed by atoms with Gasteiger partial charge < -0.3 is 4.74 Å². The lowest BCUT2D eigenvalue weighted by molar-refractivity contribution is -0.385. The average Bonchev–Trinajstić information content (AvgIpc) is 2.48. The quantitative estimate of drug-likeness (QED) is 0.463. The SMILES string of the molecule is CS(=O)(=O)c1cc([N+](=O)[O-])ccc1Oc1ccc(C=O)cc1Cl. The summed E-state index contributed by atoms with van der Waals surface area (Å²) in [6.07, 6.45) is 1.51. The maximum atomic E-state index is 11.8. The number of halogens is 1. The van der Waals surface area contributed by atoms with Gasteiger partial charge in [-0.1, -0.05) is 11.6 Å². The van der Waals surface area contributed by atoms with Gasteiger partial charge in [-0.2, -0.15) is 0 Å². The second kappa shape index (κ2) is 6.35. The van der Waals surface area contributed by atoms with Crippen molar-refractivity contribution in [3.05, 3.63) is 57.1 Å². The van der Waals surface area contributed by atoms with Crippen LogP contribution in [0.5, 0.6) is 11.5 Å². The number of rotatable bonds is 5. The Bertz CT molecular complexity index is 894. The molecule has 0 saturated heterocycles. The van der Waals surface area contributed by atoms with Crippen molar-refractivity contribution < 1.29 is 22.9 Å². The van der Waals surface area contributed by atoms with Gasteiger partial charge in [0, 0.05) is 24.0 Å². The molecule has 2 aromatic carbocycles. The van der Waals surface area contributed by atoms with Crippen LogP contribution >= 0.6 is 11.6 Å². The first-order valence-electron chi connectivity index (χ1n) is 6.13. The van der Waals surface area contributed by atoms with Crippen molar-refractivity contribution in [1.82, 2.24) is 0 Å². The van der Waals surface area contributed by atoms with E-state index in [2.05, 4.69) is 0 Å². The van der Waals surface area contributed by atoms with Gasteiger partial charge in [0.05, 0.1) is 9.95 Å². The molecule has 7 nitrogen and oxygen atoms in total. The fraction of sp³-hybridized carbons (Fsp3) is 0.0714. The van der Waals surface area contributed by atoms with E-state index in [1.54, 1.807) is 0 Å². The molecule has 0 aliphatic heterocycles. The highest BCUT2D eigenvalue weighted by atomic mass is 35.5. The zero-order valence-electron chi connectivity index (χ0n) is 11.7. The second-order valence-corrected chi connectivity index (χ2v) is 6.96. The van der Waals surface area contributed by atoms with Crippen molar-refractivity contribution >= 4 is 33.4 Å². The third-order valence-electron chi connectivity index (χ3n) is 2.85. The van der Waals surface area contributed by atoms with Crippen LogP contribution in [0.2, 0.25) is 5.02 Å². The van der Waals surface area contributed by atoms with Crippen LogP contribution in [0, 0.1) is 10.1 Å². The molecule has 0 atom stereocenters. The summed E-state index contributed by atoms with van der Waals surface area (Å²) in [5, 5.41) is 10.9. The Morgan fingerprint density at radius 3 is 2.35 bits per heavy atom. The number of sulfone groups is 1. The first kappa shape index (κ1) is 16.9. The van der Waals surface area contributed by atoms with Crippen LogP contribution in [0.3, 0.4) is 0 Å². The first-order chi connectivity index (χ1) is 10.7. The maximum Gasteiger partial charge on any atom is 0.271 e. The van der Waals surface area contributed by atoms with Crippen LogP contribution in [-0.2, 0) is 9.84 Å². The summed E-state index contributed by atoms with van der Waals surface area (Å²) < 4.78 is 29.1. The summed E-state index contributed by atoms with van der Waals surface area (Å²) >= 11 is 5.96. The second-order valence-electron chi connectivity index (χ2n) is 4.57. The van der Waals surface area contributed by atoms with Crippen LogP contribution in [-0.4, -0.2) is 25.9 Å². The number of aldehydes is 1. The summed E-state index contributed by atoms with van der Waals surface area (Å²) in [6.45, 7) is 0. The number of nitro groups is 1. The average molecular weight is 356 g/mol. The van der Waals surface area contributed by atoms with Gasteiger partial charge >= 0.3 is 0 Å². The van der Waals surface area contributed by atoms with Crippen LogP contribution in [0.1, 0.15) is 10.4 Å². The maximum absolute atomic E-state index is 11.8. The zero-order valence-corrected chi connectivity index (χ0v) is 13.3. The summed E-state index contributed by atoms with van der Waals surface area (Å²) in [5.74, 6) is 0.0230. The third kappa shape index (κ3) is 3.85. The smallest absolute Gasteiger partial charge is 0.271 e. The van der Waals surface area contributed by atoms with E-state index in [0.29, 0.717) is 11.8 Å².